The molecule has 1 N–H and O–H groups in total. The number of hydrogen-bond acceptors (Lipinski definition) is 3. The summed E-state index contributed by atoms with van der Waals surface area (Å²) < 4.78 is 0. The maximum Gasteiger partial charge on any atom is 0.128 e. The maximum atomic E-state index is 4.83. The fraction of sp³-hybridized carbons (Fsp3) is 0.706. The van der Waals surface area contributed by atoms with Crippen molar-refractivity contribution in [3.8, 4) is 0 Å². The summed E-state index contributed by atoms with van der Waals surface area (Å²) in [4.78, 5) is 7.16. The summed E-state index contributed by atoms with van der Waals surface area (Å²) in [6.07, 6.45) is 5.00. The van der Waals surface area contributed by atoms with Gasteiger partial charge in [-0.2, -0.15) is 0 Å². The zero-order valence-electron chi connectivity index (χ0n) is 13.4. The van der Waals surface area contributed by atoms with Crippen LogP contribution in [0.2, 0.25) is 0 Å². The quantitative estimate of drug-likeness (QED) is 0.788. The zero-order chi connectivity index (χ0) is 14.5. The highest BCUT2D eigenvalue weighted by Crippen LogP contribution is 2.30. The van der Waals surface area contributed by atoms with Crippen LogP contribution in [0.3, 0.4) is 0 Å². The minimum absolute atomic E-state index is 0.519. The van der Waals surface area contributed by atoms with E-state index in [9.17, 15) is 0 Å². The van der Waals surface area contributed by atoms with E-state index in [4.69, 9.17) is 4.98 Å². The van der Waals surface area contributed by atoms with Gasteiger partial charge in [0.2, 0.25) is 0 Å². The molecule has 1 aromatic heterocycles. The fourth-order valence-corrected chi connectivity index (χ4v) is 2.42. The molecule has 1 heterocycles. The van der Waals surface area contributed by atoms with Crippen LogP contribution in [0.5, 0.6) is 0 Å². The number of nitrogens with zero attached hydrogens (tertiary/aromatic N) is 2. The minimum atomic E-state index is 0.519. The summed E-state index contributed by atoms with van der Waals surface area (Å²) >= 11 is 0. The predicted molar refractivity (Wildman–Crippen MR) is 86.2 cm³/mol. The molecule has 2 rings (SSSR count). The molecule has 0 spiro atoms. The Morgan fingerprint density at radius 2 is 2.10 bits per heavy atom. The number of aromatic nitrogens is 1. The molecular weight excluding hydrogens is 246 g/mol. The molecule has 0 unspecified atom stereocenters. The van der Waals surface area contributed by atoms with Crippen molar-refractivity contribution in [2.75, 3.05) is 18.5 Å². The molecular formula is C17H29N3. The van der Waals surface area contributed by atoms with Gasteiger partial charge in [-0.15, -0.1) is 0 Å². The van der Waals surface area contributed by atoms with Gasteiger partial charge in [0.1, 0.15) is 5.82 Å². The normalized spacial score (nSPS) is 14.8. The molecule has 1 aliphatic carbocycles. The van der Waals surface area contributed by atoms with Crippen molar-refractivity contribution in [1.82, 2.24) is 10.3 Å². The number of pyridine rings is 1. The van der Waals surface area contributed by atoms with Crippen LogP contribution >= 0.6 is 0 Å². The second kappa shape index (κ2) is 7.07. The second-order valence-electron chi connectivity index (χ2n) is 6.43. The minimum Gasteiger partial charge on any atom is -0.359 e. The SMILES string of the molecule is CCCc1cc(CNC(C)C)cc(N(C)CC2CC2)n1. The monoisotopic (exact) mass is 275 g/mol. The smallest absolute Gasteiger partial charge is 0.128 e. The van der Waals surface area contributed by atoms with Gasteiger partial charge in [-0.05, 0) is 42.9 Å². The summed E-state index contributed by atoms with van der Waals surface area (Å²) in [5.74, 6) is 2.04. The topological polar surface area (TPSA) is 28.2 Å². The van der Waals surface area contributed by atoms with Crippen LogP contribution in [0.25, 0.3) is 0 Å². The molecule has 0 saturated heterocycles. The molecule has 3 heteroatoms. The highest BCUT2D eigenvalue weighted by molar-refractivity contribution is 5.42. The van der Waals surface area contributed by atoms with Crippen molar-refractivity contribution in [3.05, 3.63) is 23.4 Å². The Morgan fingerprint density at radius 1 is 1.35 bits per heavy atom. The standard InChI is InChI=1S/C17H29N3/c1-5-6-16-9-15(11-18-13(2)3)10-17(19-16)20(4)12-14-7-8-14/h9-10,13-14,18H,5-8,11-12H2,1-4H3. The van der Waals surface area contributed by atoms with Gasteiger partial charge >= 0.3 is 0 Å². The van der Waals surface area contributed by atoms with Gasteiger partial charge in [0.25, 0.3) is 0 Å². The number of aryl methyl sites for hydroxylation is 1. The Bertz CT molecular complexity index is 424. The van der Waals surface area contributed by atoms with E-state index in [2.05, 4.69) is 50.2 Å². The van der Waals surface area contributed by atoms with E-state index in [0.717, 1.165) is 37.7 Å². The van der Waals surface area contributed by atoms with Gasteiger partial charge in [-0.25, -0.2) is 4.98 Å². The third-order valence-electron chi connectivity index (χ3n) is 3.77. The van der Waals surface area contributed by atoms with Crippen molar-refractivity contribution in [2.24, 2.45) is 5.92 Å². The molecule has 20 heavy (non-hydrogen) atoms. The summed E-state index contributed by atoms with van der Waals surface area (Å²) in [5.41, 5.74) is 2.59. The summed E-state index contributed by atoms with van der Waals surface area (Å²) in [5, 5.41) is 3.50. The van der Waals surface area contributed by atoms with Crippen LogP contribution in [0.1, 0.15) is 51.3 Å². The molecule has 1 aliphatic rings. The van der Waals surface area contributed by atoms with Gasteiger partial charge in [0.05, 0.1) is 0 Å². The average Bonchev–Trinajstić information content (AvgIpc) is 3.20. The number of rotatable bonds is 8. The second-order valence-corrected chi connectivity index (χ2v) is 6.43. The first kappa shape index (κ1) is 15.3. The molecule has 1 aromatic rings. The van der Waals surface area contributed by atoms with Crippen molar-refractivity contribution in [1.29, 1.82) is 0 Å². The van der Waals surface area contributed by atoms with E-state index < -0.39 is 0 Å². The van der Waals surface area contributed by atoms with Crippen molar-refractivity contribution in [3.63, 3.8) is 0 Å². The lowest BCUT2D eigenvalue weighted by Gasteiger charge is -2.20. The molecule has 0 bridgehead atoms. The van der Waals surface area contributed by atoms with Gasteiger partial charge in [-0.1, -0.05) is 27.2 Å². The van der Waals surface area contributed by atoms with Crippen LogP contribution in [0.15, 0.2) is 12.1 Å². The van der Waals surface area contributed by atoms with E-state index in [-0.39, 0.29) is 0 Å². The molecule has 1 saturated carbocycles. The van der Waals surface area contributed by atoms with Crippen molar-refractivity contribution >= 4 is 5.82 Å². The van der Waals surface area contributed by atoms with Gasteiger partial charge in [-0.3, -0.25) is 0 Å². The van der Waals surface area contributed by atoms with Gasteiger partial charge < -0.3 is 10.2 Å². The largest absolute Gasteiger partial charge is 0.359 e. The molecule has 0 atom stereocenters. The Kier molecular flexibility index (Phi) is 5.41. The first-order valence-electron chi connectivity index (χ1n) is 8.02. The lowest BCUT2D eigenvalue weighted by molar-refractivity contribution is 0.588. The number of anilines is 1. The van der Waals surface area contributed by atoms with E-state index >= 15 is 0 Å². The Morgan fingerprint density at radius 3 is 2.70 bits per heavy atom. The number of nitrogens with one attached hydrogen (secondary N) is 1. The van der Waals surface area contributed by atoms with Gasteiger partial charge in [0.15, 0.2) is 0 Å². The summed E-state index contributed by atoms with van der Waals surface area (Å²) in [6, 6.07) is 5.02. The molecule has 0 aliphatic heterocycles. The maximum absolute atomic E-state index is 4.83. The van der Waals surface area contributed by atoms with E-state index in [1.54, 1.807) is 0 Å². The highest BCUT2D eigenvalue weighted by Gasteiger charge is 2.23. The van der Waals surface area contributed by atoms with Crippen LogP contribution in [-0.4, -0.2) is 24.6 Å². The molecule has 3 nitrogen and oxygen atoms in total. The lowest BCUT2D eigenvalue weighted by Crippen LogP contribution is -2.24. The Balaban J connectivity index is 2.10. The van der Waals surface area contributed by atoms with E-state index in [1.807, 2.05) is 0 Å². The Hall–Kier alpha value is -1.09. The van der Waals surface area contributed by atoms with Gasteiger partial charge in [0, 0.05) is 31.9 Å². The van der Waals surface area contributed by atoms with E-state index in [0.29, 0.717) is 6.04 Å². The third kappa shape index (κ3) is 4.78. The average molecular weight is 275 g/mol. The van der Waals surface area contributed by atoms with Crippen LogP contribution in [-0.2, 0) is 13.0 Å². The molecule has 0 radical (unpaired) electrons. The van der Waals surface area contributed by atoms with Crippen LogP contribution in [0, 0.1) is 5.92 Å². The third-order valence-corrected chi connectivity index (χ3v) is 3.77. The molecule has 1 fully saturated rings. The van der Waals surface area contributed by atoms with Crippen molar-refractivity contribution in [2.45, 2.75) is 59.0 Å². The summed E-state index contributed by atoms with van der Waals surface area (Å²) in [6.45, 7) is 8.68. The van der Waals surface area contributed by atoms with E-state index in [1.165, 1.54) is 24.1 Å². The fourth-order valence-electron chi connectivity index (χ4n) is 2.42. The summed E-state index contributed by atoms with van der Waals surface area (Å²) in [7, 11) is 2.18. The first-order valence-corrected chi connectivity index (χ1v) is 8.02. The van der Waals surface area contributed by atoms with Crippen LogP contribution < -0.4 is 10.2 Å². The highest BCUT2D eigenvalue weighted by atomic mass is 15.2. The molecule has 0 amide bonds. The molecule has 0 aromatic carbocycles. The zero-order valence-corrected chi connectivity index (χ0v) is 13.4. The van der Waals surface area contributed by atoms with Crippen molar-refractivity contribution < 1.29 is 0 Å². The molecule has 112 valence electrons. The number of hydrogen-bond donors (Lipinski definition) is 1. The predicted octanol–water partition coefficient (Wildman–Crippen LogP) is 3.38. The van der Waals surface area contributed by atoms with Crippen LogP contribution in [0.4, 0.5) is 5.82 Å². The lowest BCUT2D eigenvalue weighted by atomic mass is 10.1. The first-order chi connectivity index (χ1) is 9.58. The Labute approximate surface area is 123 Å².